The van der Waals surface area contributed by atoms with Gasteiger partial charge in [-0.2, -0.15) is 0 Å². The molecule has 0 saturated carbocycles. The highest BCUT2D eigenvalue weighted by molar-refractivity contribution is 6.04. The normalized spacial score (nSPS) is 15.3. The Morgan fingerprint density at radius 3 is 2.54 bits per heavy atom. The summed E-state index contributed by atoms with van der Waals surface area (Å²) in [5.41, 5.74) is 1.85. The summed E-state index contributed by atoms with van der Waals surface area (Å²) in [6.45, 7) is 1.09. The van der Waals surface area contributed by atoms with E-state index in [0.717, 1.165) is 5.69 Å². The van der Waals surface area contributed by atoms with Crippen molar-refractivity contribution in [2.75, 3.05) is 30.2 Å². The van der Waals surface area contributed by atoms with Crippen molar-refractivity contribution in [2.24, 2.45) is 0 Å². The Hall–Kier alpha value is -3.22. The largest absolute Gasteiger partial charge is 0.454 e. The van der Waals surface area contributed by atoms with E-state index in [4.69, 9.17) is 14.2 Å². The molecule has 0 spiro atoms. The van der Waals surface area contributed by atoms with Gasteiger partial charge < -0.3 is 19.5 Å². The number of carbonyl (C=O) groups excluding carboxylic acids is 2. The van der Waals surface area contributed by atoms with Gasteiger partial charge in [-0.1, -0.05) is 0 Å². The first-order valence-electron chi connectivity index (χ1n) is 7.46. The summed E-state index contributed by atoms with van der Waals surface area (Å²) in [4.78, 5) is 25.4. The maximum atomic E-state index is 12.3. The molecular formula is C17H14N2O5. The van der Waals surface area contributed by atoms with E-state index in [0.29, 0.717) is 35.9 Å². The van der Waals surface area contributed by atoms with Crippen LogP contribution in [0, 0.1) is 0 Å². The lowest BCUT2D eigenvalue weighted by atomic mass is 10.2. The third kappa shape index (κ3) is 2.60. The quantitative estimate of drug-likeness (QED) is 0.938. The molecule has 4 rings (SSSR count). The molecule has 0 bridgehead atoms. The second kappa shape index (κ2) is 5.77. The number of rotatable bonds is 3. The summed E-state index contributed by atoms with van der Waals surface area (Å²) in [6.07, 6.45) is -0.354. The van der Waals surface area contributed by atoms with E-state index in [1.54, 1.807) is 47.4 Å². The molecule has 1 N–H and O–H groups in total. The van der Waals surface area contributed by atoms with Crippen LogP contribution in [0.4, 0.5) is 16.2 Å². The number of nitrogens with zero attached hydrogens (tertiary/aromatic N) is 1. The summed E-state index contributed by atoms with van der Waals surface area (Å²) >= 11 is 0. The van der Waals surface area contributed by atoms with Crippen LogP contribution in [0.15, 0.2) is 42.5 Å². The zero-order valence-corrected chi connectivity index (χ0v) is 12.7. The van der Waals surface area contributed by atoms with Crippen LogP contribution in [-0.4, -0.2) is 31.9 Å². The monoisotopic (exact) mass is 326 g/mol. The zero-order chi connectivity index (χ0) is 16.5. The molecule has 0 aromatic heterocycles. The minimum atomic E-state index is -0.354. The first kappa shape index (κ1) is 14.4. The van der Waals surface area contributed by atoms with Gasteiger partial charge in [0.25, 0.3) is 5.91 Å². The minimum Gasteiger partial charge on any atom is -0.454 e. The first-order chi connectivity index (χ1) is 11.7. The number of benzene rings is 2. The van der Waals surface area contributed by atoms with E-state index in [9.17, 15) is 9.59 Å². The second-order valence-electron chi connectivity index (χ2n) is 5.34. The Labute approximate surface area is 137 Å². The van der Waals surface area contributed by atoms with E-state index in [2.05, 4.69) is 5.32 Å². The van der Waals surface area contributed by atoms with Gasteiger partial charge in [0.15, 0.2) is 11.5 Å². The van der Waals surface area contributed by atoms with E-state index in [-0.39, 0.29) is 18.8 Å². The van der Waals surface area contributed by atoms with Gasteiger partial charge in [-0.3, -0.25) is 9.69 Å². The van der Waals surface area contributed by atoms with Crippen molar-refractivity contribution in [3.05, 3.63) is 48.0 Å². The molecule has 1 saturated heterocycles. The molecule has 2 amide bonds. The second-order valence-corrected chi connectivity index (χ2v) is 5.34. The van der Waals surface area contributed by atoms with Crippen molar-refractivity contribution in [3.63, 3.8) is 0 Å². The first-order valence-corrected chi connectivity index (χ1v) is 7.46. The molecule has 0 radical (unpaired) electrons. The van der Waals surface area contributed by atoms with Crippen molar-refractivity contribution >= 4 is 23.4 Å². The fraction of sp³-hybridized carbons (Fsp3) is 0.176. The lowest BCUT2D eigenvalue weighted by molar-refractivity contribution is 0.102. The summed E-state index contributed by atoms with van der Waals surface area (Å²) in [5, 5.41) is 2.81. The van der Waals surface area contributed by atoms with E-state index >= 15 is 0 Å². The lowest BCUT2D eigenvalue weighted by Gasteiger charge is -2.13. The molecular weight excluding hydrogens is 312 g/mol. The van der Waals surface area contributed by atoms with Crippen LogP contribution in [0.3, 0.4) is 0 Å². The summed E-state index contributed by atoms with van der Waals surface area (Å²) in [7, 11) is 0. The smallest absolute Gasteiger partial charge is 0.414 e. The number of carbonyl (C=O) groups is 2. The number of amides is 2. The Morgan fingerprint density at radius 1 is 1.00 bits per heavy atom. The SMILES string of the molecule is O=C(Nc1ccc(N2CCOC2=O)cc1)c1ccc2c(c1)OCO2. The average Bonchev–Trinajstić information content (AvgIpc) is 3.23. The molecule has 2 aliphatic heterocycles. The molecule has 7 nitrogen and oxygen atoms in total. The van der Waals surface area contributed by atoms with Gasteiger partial charge in [-0.25, -0.2) is 4.79 Å². The van der Waals surface area contributed by atoms with Crippen LogP contribution >= 0.6 is 0 Å². The van der Waals surface area contributed by atoms with Gasteiger partial charge in [0, 0.05) is 16.9 Å². The van der Waals surface area contributed by atoms with Gasteiger partial charge in [0.1, 0.15) is 6.61 Å². The molecule has 7 heteroatoms. The maximum absolute atomic E-state index is 12.3. The Balaban J connectivity index is 1.47. The van der Waals surface area contributed by atoms with Crippen LogP contribution in [0.1, 0.15) is 10.4 Å². The van der Waals surface area contributed by atoms with Crippen molar-refractivity contribution in [1.29, 1.82) is 0 Å². The molecule has 1 fully saturated rings. The molecule has 2 aromatic carbocycles. The highest BCUT2D eigenvalue weighted by Crippen LogP contribution is 2.32. The Morgan fingerprint density at radius 2 is 1.79 bits per heavy atom. The van der Waals surface area contributed by atoms with Gasteiger partial charge in [0.05, 0.1) is 6.54 Å². The van der Waals surface area contributed by atoms with Crippen LogP contribution in [0.25, 0.3) is 0 Å². The number of ether oxygens (including phenoxy) is 3. The maximum Gasteiger partial charge on any atom is 0.414 e. The van der Waals surface area contributed by atoms with Crippen molar-refractivity contribution in [3.8, 4) is 11.5 Å². The van der Waals surface area contributed by atoms with Gasteiger partial charge in [-0.05, 0) is 42.5 Å². The van der Waals surface area contributed by atoms with Crippen LogP contribution in [-0.2, 0) is 4.74 Å². The Kier molecular flexibility index (Phi) is 3.45. The molecule has 24 heavy (non-hydrogen) atoms. The van der Waals surface area contributed by atoms with Gasteiger partial charge in [0.2, 0.25) is 6.79 Å². The average molecular weight is 326 g/mol. The molecule has 2 aromatic rings. The zero-order valence-electron chi connectivity index (χ0n) is 12.7. The highest BCUT2D eigenvalue weighted by Gasteiger charge is 2.23. The molecule has 2 heterocycles. The molecule has 2 aliphatic rings. The third-order valence-electron chi connectivity index (χ3n) is 3.83. The van der Waals surface area contributed by atoms with E-state index in [1.807, 2.05) is 0 Å². The number of anilines is 2. The van der Waals surface area contributed by atoms with Crippen LogP contribution < -0.4 is 19.7 Å². The van der Waals surface area contributed by atoms with Gasteiger partial charge >= 0.3 is 6.09 Å². The topological polar surface area (TPSA) is 77.1 Å². The molecule has 0 unspecified atom stereocenters. The van der Waals surface area contributed by atoms with Crippen molar-refractivity contribution in [1.82, 2.24) is 0 Å². The predicted octanol–water partition coefficient (Wildman–Crippen LogP) is 2.62. The number of nitrogens with one attached hydrogen (secondary N) is 1. The van der Waals surface area contributed by atoms with Crippen LogP contribution in [0.2, 0.25) is 0 Å². The summed E-state index contributed by atoms with van der Waals surface area (Å²) in [5.74, 6) is 0.945. The highest BCUT2D eigenvalue weighted by atomic mass is 16.7. The molecule has 122 valence electrons. The number of fused-ring (bicyclic) bond motifs is 1. The minimum absolute atomic E-state index is 0.167. The lowest BCUT2D eigenvalue weighted by Crippen LogP contribution is -2.23. The van der Waals surface area contributed by atoms with Crippen molar-refractivity contribution in [2.45, 2.75) is 0 Å². The fourth-order valence-corrected chi connectivity index (χ4v) is 2.59. The third-order valence-corrected chi connectivity index (χ3v) is 3.83. The fourth-order valence-electron chi connectivity index (χ4n) is 2.59. The number of hydrogen-bond donors (Lipinski definition) is 1. The van der Waals surface area contributed by atoms with E-state index in [1.165, 1.54) is 0 Å². The number of hydrogen-bond acceptors (Lipinski definition) is 5. The Bertz CT molecular complexity index is 803. The summed E-state index contributed by atoms with van der Waals surface area (Å²) < 4.78 is 15.4. The van der Waals surface area contributed by atoms with E-state index < -0.39 is 0 Å². The van der Waals surface area contributed by atoms with Crippen LogP contribution in [0.5, 0.6) is 11.5 Å². The molecule has 0 atom stereocenters. The predicted molar refractivity (Wildman–Crippen MR) is 85.7 cm³/mol. The summed E-state index contributed by atoms with van der Waals surface area (Å²) in [6, 6.07) is 12.0. The van der Waals surface area contributed by atoms with Gasteiger partial charge in [-0.15, -0.1) is 0 Å². The van der Waals surface area contributed by atoms with Crippen molar-refractivity contribution < 1.29 is 23.8 Å². The molecule has 0 aliphatic carbocycles. The standard InChI is InChI=1S/C17H14N2O5/c20-16(11-1-6-14-15(9-11)24-10-23-14)18-12-2-4-13(5-3-12)19-7-8-22-17(19)21/h1-6,9H,7-8,10H2,(H,18,20). The number of cyclic esters (lactones) is 1.